The van der Waals surface area contributed by atoms with Crippen LogP contribution in [0.4, 0.5) is 5.88 Å². The fraction of sp³-hybridized carbons (Fsp3) is 0.588. The number of anilines is 1. The summed E-state index contributed by atoms with van der Waals surface area (Å²) in [6.07, 6.45) is 0. The maximum Gasteiger partial charge on any atom is 0.237 e. The molecule has 0 fully saturated rings. The maximum absolute atomic E-state index is 12.2. The fourth-order valence-electron chi connectivity index (χ4n) is 2.17. The topological polar surface area (TPSA) is 82.2 Å². The van der Waals surface area contributed by atoms with Crippen molar-refractivity contribution < 1.29 is 14.1 Å². The summed E-state index contributed by atoms with van der Waals surface area (Å²) in [7, 11) is 1.67. The van der Waals surface area contributed by atoms with Crippen molar-refractivity contribution in [1.82, 2.24) is 14.7 Å². The Hall–Kier alpha value is -1.80. The van der Waals surface area contributed by atoms with Gasteiger partial charge in [0.25, 0.3) is 0 Å². The summed E-state index contributed by atoms with van der Waals surface area (Å²) >= 11 is 1.39. The SMILES string of the molecule is COCCn1c(SCC(=O)Nc2cc(C(C)(C)C)no2)nc(C)c1C. The molecule has 0 aliphatic carbocycles. The van der Waals surface area contributed by atoms with E-state index in [1.807, 2.05) is 34.6 Å². The first-order chi connectivity index (χ1) is 11.7. The number of imidazole rings is 1. The lowest BCUT2D eigenvalue weighted by atomic mass is 9.92. The molecule has 8 heteroatoms. The quantitative estimate of drug-likeness (QED) is 0.758. The summed E-state index contributed by atoms with van der Waals surface area (Å²) in [5, 5.41) is 7.55. The number of methoxy groups -OCH3 is 1. The minimum atomic E-state index is -0.154. The Kier molecular flexibility index (Phi) is 6.29. The maximum atomic E-state index is 12.2. The molecule has 0 aliphatic rings. The van der Waals surface area contributed by atoms with E-state index in [1.165, 1.54) is 11.8 Å². The van der Waals surface area contributed by atoms with Crippen LogP contribution in [0.5, 0.6) is 0 Å². The summed E-state index contributed by atoms with van der Waals surface area (Å²) in [5.74, 6) is 0.456. The molecule has 1 N–H and O–H groups in total. The molecule has 0 aliphatic heterocycles. The highest BCUT2D eigenvalue weighted by molar-refractivity contribution is 7.99. The first-order valence-corrected chi connectivity index (χ1v) is 9.13. The van der Waals surface area contributed by atoms with Gasteiger partial charge < -0.3 is 13.8 Å². The molecule has 0 unspecified atom stereocenters. The van der Waals surface area contributed by atoms with Crippen molar-refractivity contribution in [2.45, 2.75) is 51.7 Å². The van der Waals surface area contributed by atoms with Gasteiger partial charge in [0.05, 0.1) is 23.7 Å². The van der Waals surface area contributed by atoms with E-state index in [0.29, 0.717) is 19.0 Å². The predicted octanol–water partition coefficient (Wildman–Crippen LogP) is 3.16. The summed E-state index contributed by atoms with van der Waals surface area (Å²) in [4.78, 5) is 16.7. The van der Waals surface area contributed by atoms with Crippen LogP contribution in [0, 0.1) is 13.8 Å². The number of carbonyl (C=O) groups is 1. The molecular weight excluding hydrogens is 340 g/mol. The Morgan fingerprint density at radius 2 is 2.12 bits per heavy atom. The predicted molar refractivity (Wildman–Crippen MR) is 98.1 cm³/mol. The molecule has 2 heterocycles. The number of carbonyl (C=O) groups excluding carboxylic acids is 1. The molecule has 138 valence electrons. The Balaban J connectivity index is 1.96. The van der Waals surface area contributed by atoms with E-state index in [4.69, 9.17) is 9.26 Å². The molecule has 0 radical (unpaired) electrons. The first kappa shape index (κ1) is 19.5. The lowest BCUT2D eigenvalue weighted by Crippen LogP contribution is -2.15. The van der Waals surface area contributed by atoms with Crippen LogP contribution in [-0.4, -0.2) is 40.1 Å². The number of nitrogens with zero attached hydrogens (tertiary/aromatic N) is 3. The highest BCUT2D eigenvalue weighted by Gasteiger charge is 2.20. The van der Waals surface area contributed by atoms with E-state index in [1.54, 1.807) is 13.2 Å². The van der Waals surface area contributed by atoms with Crippen molar-refractivity contribution >= 4 is 23.6 Å². The molecule has 1 amide bonds. The van der Waals surface area contributed by atoms with Crippen molar-refractivity contribution in [2.24, 2.45) is 0 Å². The largest absolute Gasteiger partial charge is 0.383 e. The molecule has 0 spiro atoms. The summed E-state index contributed by atoms with van der Waals surface area (Å²) in [6.45, 7) is 11.4. The molecule has 2 rings (SSSR count). The van der Waals surface area contributed by atoms with Gasteiger partial charge in [-0.25, -0.2) is 4.98 Å². The number of ether oxygens (including phenoxy) is 1. The van der Waals surface area contributed by atoms with Gasteiger partial charge in [-0.2, -0.15) is 0 Å². The van der Waals surface area contributed by atoms with Gasteiger partial charge in [-0.15, -0.1) is 0 Å². The summed E-state index contributed by atoms with van der Waals surface area (Å²) in [6, 6.07) is 1.76. The van der Waals surface area contributed by atoms with Crippen LogP contribution in [0.15, 0.2) is 15.7 Å². The standard InChI is InChI=1S/C17H26N4O3S/c1-11-12(2)21(7-8-23-6)16(18-11)25-10-14(22)19-15-9-13(20-24-15)17(3,4)5/h9H,7-8,10H2,1-6H3,(H,19,22). The lowest BCUT2D eigenvalue weighted by Gasteiger charge is -2.12. The van der Waals surface area contributed by atoms with Gasteiger partial charge in [0, 0.05) is 30.8 Å². The van der Waals surface area contributed by atoms with Gasteiger partial charge in [0.2, 0.25) is 11.8 Å². The van der Waals surface area contributed by atoms with Crippen molar-refractivity contribution in [3.8, 4) is 0 Å². The van der Waals surface area contributed by atoms with E-state index in [-0.39, 0.29) is 17.1 Å². The Morgan fingerprint density at radius 1 is 1.40 bits per heavy atom. The molecular formula is C17H26N4O3S. The number of thioether (sulfide) groups is 1. The van der Waals surface area contributed by atoms with Gasteiger partial charge in [-0.3, -0.25) is 10.1 Å². The second-order valence-electron chi connectivity index (χ2n) is 6.87. The average molecular weight is 366 g/mol. The molecule has 25 heavy (non-hydrogen) atoms. The summed E-state index contributed by atoms with van der Waals surface area (Å²) < 4.78 is 12.4. The number of hydrogen-bond acceptors (Lipinski definition) is 6. The zero-order chi connectivity index (χ0) is 18.6. The average Bonchev–Trinajstić information content (AvgIpc) is 3.09. The van der Waals surface area contributed by atoms with Crippen LogP contribution >= 0.6 is 11.8 Å². The number of aromatic nitrogens is 3. The fourth-order valence-corrected chi connectivity index (χ4v) is 3.09. The highest BCUT2D eigenvalue weighted by Crippen LogP contribution is 2.24. The highest BCUT2D eigenvalue weighted by atomic mass is 32.2. The molecule has 0 atom stereocenters. The molecule has 0 saturated carbocycles. The number of nitrogens with one attached hydrogen (secondary N) is 1. The van der Waals surface area contributed by atoms with Crippen molar-refractivity contribution in [1.29, 1.82) is 0 Å². The van der Waals surface area contributed by atoms with Crippen LogP contribution in [0.2, 0.25) is 0 Å². The second-order valence-corrected chi connectivity index (χ2v) is 7.82. The van der Waals surface area contributed by atoms with Crippen LogP contribution in [-0.2, 0) is 21.5 Å². The van der Waals surface area contributed by atoms with Crippen molar-refractivity contribution in [2.75, 3.05) is 24.8 Å². The number of hydrogen-bond donors (Lipinski definition) is 1. The van der Waals surface area contributed by atoms with E-state index < -0.39 is 0 Å². The monoisotopic (exact) mass is 366 g/mol. The van der Waals surface area contributed by atoms with E-state index >= 15 is 0 Å². The van der Waals surface area contributed by atoms with Crippen LogP contribution in [0.1, 0.15) is 37.9 Å². The van der Waals surface area contributed by atoms with E-state index in [9.17, 15) is 4.79 Å². The third kappa shape index (κ3) is 5.09. The first-order valence-electron chi connectivity index (χ1n) is 8.15. The molecule has 7 nitrogen and oxygen atoms in total. The zero-order valence-corrected chi connectivity index (χ0v) is 16.5. The number of aryl methyl sites for hydroxylation is 1. The van der Waals surface area contributed by atoms with Crippen LogP contribution in [0.25, 0.3) is 0 Å². The smallest absolute Gasteiger partial charge is 0.237 e. The lowest BCUT2D eigenvalue weighted by molar-refractivity contribution is -0.113. The van der Waals surface area contributed by atoms with E-state index in [0.717, 1.165) is 22.2 Å². The van der Waals surface area contributed by atoms with Gasteiger partial charge in [0.15, 0.2) is 5.16 Å². The van der Waals surface area contributed by atoms with Crippen molar-refractivity contribution in [3.63, 3.8) is 0 Å². The van der Waals surface area contributed by atoms with Gasteiger partial charge in [-0.1, -0.05) is 37.7 Å². The second kappa shape index (κ2) is 8.05. The molecule has 0 saturated heterocycles. The Morgan fingerprint density at radius 3 is 2.72 bits per heavy atom. The van der Waals surface area contributed by atoms with E-state index in [2.05, 4.69) is 20.0 Å². The third-order valence-corrected chi connectivity index (χ3v) is 4.79. The molecule has 0 aromatic carbocycles. The minimum absolute atomic E-state index is 0.123. The minimum Gasteiger partial charge on any atom is -0.383 e. The third-order valence-electron chi connectivity index (χ3n) is 3.82. The Bertz CT molecular complexity index is 731. The van der Waals surface area contributed by atoms with Crippen molar-refractivity contribution in [3.05, 3.63) is 23.1 Å². The van der Waals surface area contributed by atoms with Gasteiger partial charge >= 0.3 is 0 Å². The van der Waals surface area contributed by atoms with Crippen LogP contribution < -0.4 is 5.32 Å². The molecule has 0 bridgehead atoms. The number of amides is 1. The van der Waals surface area contributed by atoms with Gasteiger partial charge in [-0.05, 0) is 13.8 Å². The Labute approximate surface area is 152 Å². The normalized spacial score (nSPS) is 11.8. The molecule has 2 aromatic heterocycles. The number of rotatable bonds is 7. The zero-order valence-electron chi connectivity index (χ0n) is 15.7. The summed E-state index contributed by atoms with van der Waals surface area (Å²) in [5.41, 5.74) is 2.73. The van der Waals surface area contributed by atoms with Crippen LogP contribution in [0.3, 0.4) is 0 Å². The molecule has 2 aromatic rings. The van der Waals surface area contributed by atoms with Gasteiger partial charge in [0.1, 0.15) is 0 Å².